The lowest BCUT2D eigenvalue weighted by Crippen LogP contribution is -2.25. The van der Waals surface area contributed by atoms with Crippen LogP contribution in [0.5, 0.6) is 0 Å². The van der Waals surface area contributed by atoms with Gasteiger partial charge in [-0.3, -0.25) is 0 Å². The number of aryl methyl sites for hydroxylation is 1. The molecule has 1 N–H and O–H groups in total. The van der Waals surface area contributed by atoms with Crippen LogP contribution in [0.15, 0.2) is 42.5 Å². The summed E-state index contributed by atoms with van der Waals surface area (Å²) in [5.41, 5.74) is 1.82. The molecule has 0 heterocycles. The Morgan fingerprint density at radius 3 is 2.52 bits per heavy atom. The first-order chi connectivity index (χ1) is 10.1. The van der Waals surface area contributed by atoms with E-state index in [0.29, 0.717) is 23.1 Å². The maximum absolute atomic E-state index is 14.3. The van der Waals surface area contributed by atoms with E-state index in [1.54, 1.807) is 31.2 Å². The van der Waals surface area contributed by atoms with Crippen LogP contribution in [0.3, 0.4) is 0 Å². The fourth-order valence-corrected chi connectivity index (χ4v) is 2.43. The highest BCUT2D eigenvalue weighted by molar-refractivity contribution is 5.30. The van der Waals surface area contributed by atoms with Gasteiger partial charge in [-0.05, 0) is 43.5 Å². The van der Waals surface area contributed by atoms with Gasteiger partial charge in [0.05, 0.1) is 0 Å². The lowest BCUT2D eigenvalue weighted by Gasteiger charge is -2.21. The minimum Gasteiger partial charge on any atom is -0.310 e. The van der Waals surface area contributed by atoms with Gasteiger partial charge in [0.2, 0.25) is 0 Å². The predicted molar refractivity (Wildman–Crippen MR) is 82.3 cm³/mol. The molecule has 0 spiro atoms. The molecule has 1 unspecified atom stereocenters. The highest BCUT2D eigenvalue weighted by Crippen LogP contribution is 2.24. The van der Waals surface area contributed by atoms with E-state index < -0.39 is 0 Å². The molecule has 0 amide bonds. The van der Waals surface area contributed by atoms with Crippen molar-refractivity contribution in [1.29, 1.82) is 0 Å². The fraction of sp³-hybridized carbons (Fsp3) is 0.333. The maximum Gasteiger partial charge on any atom is 0.130 e. The number of rotatable bonds is 6. The van der Waals surface area contributed by atoms with Crippen molar-refractivity contribution >= 4 is 0 Å². The van der Waals surface area contributed by atoms with Gasteiger partial charge in [-0.15, -0.1) is 0 Å². The van der Waals surface area contributed by atoms with Gasteiger partial charge >= 0.3 is 0 Å². The molecule has 2 aromatic rings. The van der Waals surface area contributed by atoms with Gasteiger partial charge in [0.15, 0.2) is 0 Å². The normalized spacial score (nSPS) is 12.4. The van der Waals surface area contributed by atoms with Gasteiger partial charge in [0.1, 0.15) is 11.6 Å². The van der Waals surface area contributed by atoms with Gasteiger partial charge in [-0.2, -0.15) is 0 Å². The zero-order valence-electron chi connectivity index (χ0n) is 12.5. The van der Waals surface area contributed by atoms with Crippen LogP contribution in [0.4, 0.5) is 8.78 Å². The van der Waals surface area contributed by atoms with Crippen molar-refractivity contribution in [2.75, 3.05) is 6.54 Å². The minimum absolute atomic E-state index is 0.206. The Balaban J connectivity index is 2.30. The Morgan fingerprint density at radius 2 is 1.81 bits per heavy atom. The van der Waals surface area contributed by atoms with Crippen molar-refractivity contribution in [1.82, 2.24) is 5.32 Å². The van der Waals surface area contributed by atoms with E-state index in [9.17, 15) is 8.78 Å². The Labute approximate surface area is 125 Å². The standard InChI is InChI=1S/C18H21F2N/c1-3-11-21-17(12-14-8-4-5-10-16(14)19)15-9-6-7-13(2)18(15)20/h4-10,17,21H,3,11-12H2,1-2H3. The fourth-order valence-electron chi connectivity index (χ4n) is 2.43. The number of nitrogens with one attached hydrogen (secondary N) is 1. The van der Waals surface area contributed by atoms with E-state index in [-0.39, 0.29) is 17.7 Å². The summed E-state index contributed by atoms with van der Waals surface area (Å²) in [4.78, 5) is 0. The third kappa shape index (κ3) is 3.88. The van der Waals surface area contributed by atoms with Crippen molar-refractivity contribution in [3.63, 3.8) is 0 Å². The first-order valence-electron chi connectivity index (χ1n) is 7.35. The quantitative estimate of drug-likeness (QED) is 0.822. The van der Waals surface area contributed by atoms with Gasteiger partial charge in [0, 0.05) is 11.6 Å². The highest BCUT2D eigenvalue weighted by atomic mass is 19.1. The molecular weight excluding hydrogens is 268 g/mol. The smallest absolute Gasteiger partial charge is 0.130 e. The van der Waals surface area contributed by atoms with Crippen molar-refractivity contribution in [2.24, 2.45) is 0 Å². The van der Waals surface area contributed by atoms with Crippen LogP contribution >= 0.6 is 0 Å². The van der Waals surface area contributed by atoms with Crippen LogP contribution in [-0.2, 0) is 6.42 Å². The van der Waals surface area contributed by atoms with Crippen LogP contribution in [-0.4, -0.2) is 6.54 Å². The molecule has 0 aliphatic heterocycles. The number of hydrogen-bond acceptors (Lipinski definition) is 1. The Morgan fingerprint density at radius 1 is 1.05 bits per heavy atom. The molecule has 2 rings (SSSR count). The number of halogens is 2. The van der Waals surface area contributed by atoms with Crippen LogP contribution in [0.25, 0.3) is 0 Å². The summed E-state index contributed by atoms with van der Waals surface area (Å²) in [7, 11) is 0. The van der Waals surface area contributed by atoms with Gasteiger partial charge in [-0.25, -0.2) is 8.78 Å². The molecule has 0 saturated heterocycles. The van der Waals surface area contributed by atoms with E-state index >= 15 is 0 Å². The summed E-state index contributed by atoms with van der Waals surface area (Å²) >= 11 is 0. The second-order valence-corrected chi connectivity index (χ2v) is 5.28. The molecule has 0 aromatic heterocycles. The van der Waals surface area contributed by atoms with E-state index in [1.165, 1.54) is 6.07 Å². The third-order valence-corrected chi connectivity index (χ3v) is 3.62. The predicted octanol–water partition coefficient (Wildman–Crippen LogP) is 4.56. The maximum atomic E-state index is 14.3. The Bertz CT molecular complexity index is 596. The summed E-state index contributed by atoms with van der Waals surface area (Å²) in [5.74, 6) is -0.448. The molecule has 0 bridgehead atoms. The molecule has 0 aliphatic rings. The van der Waals surface area contributed by atoms with E-state index in [0.717, 1.165) is 13.0 Å². The van der Waals surface area contributed by atoms with E-state index in [1.807, 2.05) is 12.1 Å². The van der Waals surface area contributed by atoms with Gasteiger partial charge in [-0.1, -0.05) is 43.3 Å². The molecule has 112 valence electrons. The highest BCUT2D eigenvalue weighted by Gasteiger charge is 2.18. The monoisotopic (exact) mass is 289 g/mol. The SMILES string of the molecule is CCCNC(Cc1ccccc1F)c1cccc(C)c1F. The average Bonchev–Trinajstić information content (AvgIpc) is 2.48. The zero-order chi connectivity index (χ0) is 15.2. The number of hydrogen-bond donors (Lipinski definition) is 1. The molecule has 1 nitrogen and oxygen atoms in total. The summed E-state index contributed by atoms with van der Waals surface area (Å²) < 4.78 is 28.2. The second-order valence-electron chi connectivity index (χ2n) is 5.28. The molecule has 2 aromatic carbocycles. The van der Waals surface area contributed by atoms with Crippen molar-refractivity contribution in [3.05, 3.63) is 70.8 Å². The summed E-state index contributed by atoms with van der Waals surface area (Å²) in [6.07, 6.45) is 1.38. The molecule has 0 radical (unpaired) electrons. The first-order valence-corrected chi connectivity index (χ1v) is 7.35. The summed E-state index contributed by atoms with van der Waals surface area (Å²) in [6, 6.07) is 11.8. The van der Waals surface area contributed by atoms with Crippen LogP contribution in [0.1, 0.15) is 36.1 Å². The molecule has 0 aliphatic carbocycles. The van der Waals surface area contributed by atoms with Gasteiger partial charge in [0.25, 0.3) is 0 Å². The van der Waals surface area contributed by atoms with Crippen molar-refractivity contribution < 1.29 is 8.78 Å². The molecular formula is C18H21F2N. The summed E-state index contributed by atoms with van der Waals surface area (Å²) in [6.45, 7) is 4.57. The Kier molecular flexibility index (Phi) is 5.45. The second kappa shape index (κ2) is 7.32. The van der Waals surface area contributed by atoms with Gasteiger partial charge < -0.3 is 5.32 Å². The average molecular weight is 289 g/mol. The van der Waals surface area contributed by atoms with E-state index in [2.05, 4.69) is 12.2 Å². The minimum atomic E-state index is -0.242. The summed E-state index contributed by atoms with van der Waals surface area (Å²) in [5, 5.41) is 3.32. The topological polar surface area (TPSA) is 12.0 Å². The Hall–Kier alpha value is -1.74. The molecule has 21 heavy (non-hydrogen) atoms. The third-order valence-electron chi connectivity index (χ3n) is 3.62. The first kappa shape index (κ1) is 15.6. The molecule has 3 heteroatoms. The van der Waals surface area contributed by atoms with Crippen molar-refractivity contribution in [2.45, 2.75) is 32.7 Å². The molecule has 0 fully saturated rings. The lowest BCUT2D eigenvalue weighted by molar-refractivity contribution is 0.485. The van der Waals surface area contributed by atoms with Crippen molar-refractivity contribution in [3.8, 4) is 0 Å². The lowest BCUT2D eigenvalue weighted by atomic mass is 9.96. The molecule has 1 atom stereocenters. The van der Waals surface area contributed by atoms with Crippen LogP contribution < -0.4 is 5.32 Å². The largest absolute Gasteiger partial charge is 0.310 e. The van der Waals surface area contributed by atoms with Crippen LogP contribution in [0, 0.1) is 18.6 Å². The van der Waals surface area contributed by atoms with Crippen LogP contribution in [0.2, 0.25) is 0 Å². The molecule has 0 saturated carbocycles. The van der Waals surface area contributed by atoms with E-state index in [4.69, 9.17) is 0 Å². The number of benzene rings is 2. The zero-order valence-corrected chi connectivity index (χ0v) is 12.5.